The second-order valence-electron chi connectivity index (χ2n) is 4.15. The Labute approximate surface area is 113 Å². The Morgan fingerprint density at radius 3 is 3.21 bits per heavy atom. The van der Waals surface area contributed by atoms with Gasteiger partial charge in [-0.05, 0) is 23.6 Å². The van der Waals surface area contributed by atoms with Crippen LogP contribution in [0.4, 0.5) is 0 Å². The molecule has 0 aromatic carbocycles. The van der Waals surface area contributed by atoms with E-state index < -0.39 is 0 Å². The van der Waals surface area contributed by atoms with Gasteiger partial charge >= 0.3 is 0 Å². The van der Waals surface area contributed by atoms with Crippen LogP contribution in [0.3, 0.4) is 0 Å². The fourth-order valence-electron chi connectivity index (χ4n) is 1.88. The predicted octanol–water partition coefficient (Wildman–Crippen LogP) is 1.91. The van der Waals surface area contributed by atoms with Crippen molar-refractivity contribution in [1.29, 1.82) is 0 Å². The number of hydrogen-bond donors (Lipinski definition) is 2. The molecule has 0 aliphatic rings. The number of rotatable bonds is 5. The Kier molecular flexibility index (Phi) is 3.43. The first-order valence-corrected chi connectivity index (χ1v) is 6.90. The lowest BCUT2D eigenvalue weighted by atomic mass is 10.3. The Morgan fingerprint density at radius 2 is 2.37 bits per heavy atom. The lowest BCUT2D eigenvalue weighted by Crippen LogP contribution is -2.20. The average molecular weight is 275 g/mol. The number of aromatic amines is 1. The molecule has 0 atom stereocenters. The van der Waals surface area contributed by atoms with Gasteiger partial charge in [-0.15, -0.1) is 11.3 Å². The van der Waals surface area contributed by atoms with Crippen LogP contribution >= 0.6 is 11.3 Å². The van der Waals surface area contributed by atoms with Crippen LogP contribution in [0.2, 0.25) is 0 Å². The van der Waals surface area contributed by atoms with Crippen molar-refractivity contribution in [3.63, 3.8) is 0 Å². The smallest absolute Gasteiger partial charge is 0.268 e. The molecule has 2 N–H and O–H groups in total. The zero-order chi connectivity index (χ0) is 13.1. The van der Waals surface area contributed by atoms with Gasteiger partial charge in [0.25, 0.3) is 5.56 Å². The number of furan rings is 1. The third kappa shape index (κ3) is 2.74. The van der Waals surface area contributed by atoms with Crippen molar-refractivity contribution in [2.45, 2.75) is 13.0 Å². The fourth-order valence-corrected chi connectivity index (χ4v) is 2.60. The van der Waals surface area contributed by atoms with Crippen LogP contribution in [0.25, 0.3) is 10.2 Å². The summed E-state index contributed by atoms with van der Waals surface area (Å²) < 4.78 is 5.92. The average Bonchev–Trinajstić information content (AvgIpc) is 3.05. The van der Waals surface area contributed by atoms with Gasteiger partial charge in [0.2, 0.25) is 0 Å². The summed E-state index contributed by atoms with van der Waals surface area (Å²) in [7, 11) is 0. The molecule has 0 unspecified atom stereocenters. The first kappa shape index (κ1) is 12.1. The van der Waals surface area contributed by atoms with Crippen LogP contribution in [-0.2, 0) is 13.0 Å². The highest BCUT2D eigenvalue weighted by Crippen LogP contribution is 2.13. The normalized spacial score (nSPS) is 11.2. The van der Waals surface area contributed by atoms with E-state index in [4.69, 9.17) is 4.42 Å². The second kappa shape index (κ2) is 5.38. The summed E-state index contributed by atoms with van der Waals surface area (Å²) >= 11 is 1.41. The van der Waals surface area contributed by atoms with Crippen molar-refractivity contribution in [3.05, 3.63) is 51.8 Å². The quantitative estimate of drug-likeness (QED) is 0.698. The molecule has 0 saturated heterocycles. The Bertz CT molecular complexity index is 715. The van der Waals surface area contributed by atoms with Gasteiger partial charge in [-0.1, -0.05) is 0 Å². The molecule has 3 rings (SSSR count). The molecular weight excluding hydrogens is 262 g/mol. The van der Waals surface area contributed by atoms with Crippen LogP contribution < -0.4 is 10.9 Å². The number of fused-ring (bicyclic) bond motifs is 1. The van der Waals surface area contributed by atoms with Crippen LogP contribution in [0.1, 0.15) is 11.6 Å². The highest BCUT2D eigenvalue weighted by Gasteiger charge is 2.04. The van der Waals surface area contributed by atoms with Crippen molar-refractivity contribution in [2.75, 3.05) is 6.54 Å². The van der Waals surface area contributed by atoms with E-state index in [2.05, 4.69) is 15.3 Å². The third-order valence-corrected chi connectivity index (χ3v) is 3.69. The summed E-state index contributed by atoms with van der Waals surface area (Å²) in [5.41, 5.74) is 0.694. The SMILES string of the molecule is O=c1[nH]c(CNCCc2ccco2)nc2ccsc12. The lowest BCUT2D eigenvalue weighted by molar-refractivity contribution is 0.497. The van der Waals surface area contributed by atoms with Crippen molar-refractivity contribution < 1.29 is 4.42 Å². The largest absolute Gasteiger partial charge is 0.469 e. The third-order valence-electron chi connectivity index (χ3n) is 2.78. The van der Waals surface area contributed by atoms with E-state index in [0.717, 1.165) is 24.2 Å². The number of nitrogens with zero attached hydrogens (tertiary/aromatic N) is 1. The van der Waals surface area contributed by atoms with Gasteiger partial charge in [-0.2, -0.15) is 0 Å². The van der Waals surface area contributed by atoms with Crippen molar-refractivity contribution in [3.8, 4) is 0 Å². The fraction of sp³-hybridized carbons (Fsp3) is 0.231. The van der Waals surface area contributed by atoms with Gasteiger partial charge in [0.05, 0.1) is 18.3 Å². The van der Waals surface area contributed by atoms with Crippen LogP contribution in [0.15, 0.2) is 39.1 Å². The standard InChI is InChI=1S/C13H13N3O2S/c17-13-12-10(4-7-19-12)15-11(16-13)8-14-5-3-9-2-1-6-18-9/h1-2,4,6-7,14H,3,5,8H2,(H,15,16,17). The van der Waals surface area contributed by atoms with Gasteiger partial charge in [-0.3, -0.25) is 4.79 Å². The molecular formula is C13H13N3O2S. The minimum Gasteiger partial charge on any atom is -0.469 e. The van der Waals surface area contributed by atoms with E-state index in [9.17, 15) is 4.79 Å². The summed E-state index contributed by atoms with van der Waals surface area (Å²) in [5, 5.41) is 5.11. The minimum absolute atomic E-state index is 0.0668. The summed E-state index contributed by atoms with van der Waals surface area (Å²) in [6, 6.07) is 5.68. The molecule has 3 aromatic rings. The molecule has 19 heavy (non-hydrogen) atoms. The summed E-state index contributed by atoms with van der Waals surface area (Å²) in [6.07, 6.45) is 2.48. The first-order valence-electron chi connectivity index (χ1n) is 6.02. The molecule has 3 heterocycles. The molecule has 98 valence electrons. The van der Waals surface area contributed by atoms with E-state index in [1.165, 1.54) is 11.3 Å². The van der Waals surface area contributed by atoms with E-state index in [0.29, 0.717) is 17.1 Å². The molecule has 0 fully saturated rings. The zero-order valence-corrected chi connectivity index (χ0v) is 11.0. The number of nitrogens with one attached hydrogen (secondary N) is 2. The number of hydrogen-bond acceptors (Lipinski definition) is 5. The van der Waals surface area contributed by atoms with E-state index >= 15 is 0 Å². The molecule has 0 spiro atoms. The van der Waals surface area contributed by atoms with E-state index in [1.807, 2.05) is 23.6 Å². The Hall–Kier alpha value is -1.92. The Balaban J connectivity index is 1.60. The molecule has 0 amide bonds. The summed E-state index contributed by atoms with van der Waals surface area (Å²) in [6.45, 7) is 1.32. The van der Waals surface area contributed by atoms with Crippen molar-refractivity contribution >= 4 is 21.6 Å². The number of H-pyrrole nitrogens is 1. The molecule has 0 bridgehead atoms. The maximum absolute atomic E-state index is 11.8. The van der Waals surface area contributed by atoms with Crippen molar-refractivity contribution in [2.24, 2.45) is 0 Å². The monoisotopic (exact) mass is 275 g/mol. The van der Waals surface area contributed by atoms with Crippen LogP contribution in [0.5, 0.6) is 0 Å². The Morgan fingerprint density at radius 1 is 1.42 bits per heavy atom. The predicted molar refractivity (Wildman–Crippen MR) is 74.4 cm³/mol. The van der Waals surface area contributed by atoms with E-state index in [-0.39, 0.29) is 5.56 Å². The highest BCUT2D eigenvalue weighted by molar-refractivity contribution is 7.17. The number of aromatic nitrogens is 2. The van der Waals surface area contributed by atoms with Crippen molar-refractivity contribution in [1.82, 2.24) is 15.3 Å². The molecule has 3 aromatic heterocycles. The minimum atomic E-state index is -0.0668. The van der Waals surface area contributed by atoms with Gasteiger partial charge < -0.3 is 14.7 Å². The highest BCUT2D eigenvalue weighted by atomic mass is 32.1. The first-order chi connectivity index (χ1) is 9.33. The molecule has 5 nitrogen and oxygen atoms in total. The molecule has 0 aliphatic heterocycles. The molecule has 0 radical (unpaired) electrons. The molecule has 0 saturated carbocycles. The number of thiophene rings is 1. The van der Waals surface area contributed by atoms with E-state index in [1.54, 1.807) is 6.26 Å². The maximum Gasteiger partial charge on any atom is 0.268 e. The topological polar surface area (TPSA) is 70.9 Å². The second-order valence-corrected chi connectivity index (χ2v) is 5.07. The summed E-state index contributed by atoms with van der Waals surface area (Å²) in [4.78, 5) is 18.9. The molecule has 0 aliphatic carbocycles. The van der Waals surface area contributed by atoms with Gasteiger partial charge in [0, 0.05) is 13.0 Å². The molecule has 6 heteroatoms. The van der Waals surface area contributed by atoms with Gasteiger partial charge in [0.1, 0.15) is 16.3 Å². The summed E-state index contributed by atoms with van der Waals surface area (Å²) in [5.74, 6) is 1.61. The zero-order valence-electron chi connectivity index (χ0n) is 10.2. The lowest BCUT2D eigenvalue weighted by Gasteiger charge is -2.03. The van der Waals surface area contributed by atoms with Gasteiger partial charge in [0.15, 0.2) is 0 Å². The van der Waals surface area contributed by atoms with Gasteiger partial charge in [-0.25, -0.2) is 4.98 Å². The van der Waals surface area contributed by atoms with Crippen LogP contribution in [-0.4, -0.2) is 16.5 Å². The van der Waals surface area contributed by atoms with Crippen LogP contribution in [0, 0.1) is 0 Å². The maximum atomic E-state index is 11.8.